The summed E-state index contributed by atoms with van der Waals surface area (Å²) in [6.07, 6.45) is 0. The van der Waals surface area contributed by atoms with Crippen LogP contribution in [0.3, 0.4) is 0 Å². The average molecular weight is 426 g/mol. The van der Waals surface area contributed by atoms with Crippen molar-refractivity contribution in [2.24, 2.45) is 0 Å². The first kappa shape index (κ1) is 21.1. The van der Waals surface area contributed by atoms with Crippen LogP contribution in [0.25, 0.3) is 0 Å². The SMILES string of the molecule is O=C(COC(=O)CNC(=O)c1ccc(Cl)cc1Cl)Nc1ccccc1[N+](=O)[O-]. The Kier molecular flexibility index (Phi) is 7.30. The van der Waals surface area contributed by atoms with Crippen molar-refractivity contribution in [1.82, 2.24) is 5.32 Å². The monoisotopic (exact) mass is 425 g/mol. The summed E-state index contributed by atoms with van der Waals surface area (Å²) in [7, 11) is 0. The zero-order valence-electron chi connectivity index (χ0n) is 14.1. The van der Waals surface area contributed by atoms with Crippen LogP contribution in [0.2, 0.25) is 10.0 Å². The molecule has 0 bridgehead atoms. The predicted octanol–water partition coefficient (Wildman–Crippen LogP) is 2.81. The van der Waals surface area contributed by atoms with Gasteiger partial charge < -0.3 is 15.4 Å². The van der Waals surface area contributed by atoms with Gasteiger partial charge in [0.05, 0.1) is 15.5 Å². The first-order valence-corrected chi connectivity index (χ1v) is 8.45. The van der Waals surface area contributed by atoms with E-state index < -0.39 is 35.9 Å². The van der Waals surface area contributed by atoms with E-state index in [2.05, 4.69) is 10.6 Å². The molecule has 0 heterocycles. The van der Waals surface area contributed by atoms with E-state index in [1.165, 1.54) is 42.5 Å². The molecule has 2 N–H and O–H groups in total. The van der Waals surface area contributed by atoms with Gasteiger partial charge >= 0.3 is 5.97 Å². The number of amides is 2. The van der Waals surface area contributed by atoms with Gasteiger partial charge in [0.1, 0.15) is 12.2 Å². The first-order valence-electron chi connectivity index (χ1n) is 7.70. The van der Waals surface area contributed by atoms with Crippen LogP contribution in [0.4, 0.5) is 11.4 Å². The summed E-state index contributed by atoms with van der Waals surface area (Å²) in [6, 6.07) is 9.76. The van der Waals surface area contributed by atoms with Crippen molar-refractivity contribution in [2.75, 3.05) is 18.5 Å². The van der Waals surface area contributed by atoms with Gasteiger partial charge in [0, 0.05) is 11.1 Å². The molecule has 0 radical (unpaired) electrons. The van der Waals surface area contributed by atoms with Crippen molar-refractivity contribution in [3.8, 4) is 0 Å². The van der Waals surface area contributed by atoms with E-state index in [1.807, 2.05) is 0 Å². The summed E-state index contributed by atoms with van der Waals surface area (Å²) in [5.41, 5.74) is -0.207. The minimum atomic E-state index is -0.879. The van der Waals surface area contributed by atoms with Crippen LogP contribution in [0.15, 0.2) is 42.5 Å². The van der Waals surface area contributed by atoms with Crippen LogP contribution in [-0.2, 0) is 14.3 Å². The zero-order chi connectivity index (χ0) is 20.7. The molecule has 0 aliphatic carbocycles. The number of nitro benzene ring substituents is 1. The molecule has 9 nitrogen and oxygen atoms in total. The number of rotatable bonds is 7. The average Bonchev–Trinajstić information content (AvgIpc) is 2.64. The molecule has 0 saturated carbocycles. The topological polar surface area (TPSA) is 128 Å². The van der Waals surface area contributed by atoms with E-state index >= 15 is 0 Å². The Balaban J connectivity index is 1.81. The number of hydrogen-bond donors (Lipinski definition) is 2. The van der Waals surface area contributed by atoms with Gasteiger partial charge in [0.15, 0.2) is 6.61 Å². The number of para-hydroxylation sites is 2. The van der Waals surface area contributed by atoms with Gasteiger partial charge in [-0.2, -0.15) is 0 Å². The molecule has 0 saturated heterocycles. The van der Waals surface area contributed by atoms with Gasteiger partial charge in [0.25, 0.3) is 17.5 Å². The lowest BCUT2D eigenvalue weighted by Gasteiger charge is -2.08. The van der Waals surface area contributed by atoms with Crippen LogP contribution in [0, 0.1) is 10.1 Å². The van der Waals surface area contributed by atoms with E-state index in [0.717, 1.165) is 0 Å². The third-order valence-corrected chi connectivity index (χ3v) is 3.86. The number of halogens is 2. The summed E-state index contributed by atoms with van der Waals surface area (Å²) in [5.74, 6) is -2.27. The Morgan fingerprint density at radius 1 is 1.11 bits per heavy atom. The molecule has 2 rings (SSSR count). The quantitative estimate of drug-likeness (QED) is 0.398. The molecule has 0 aromatic heterocycles. The van der Waals surface area contributed by atoms with Crippen LogP contribution in [-0.4, -0.2) is 35.9 Å². The fraction of sp³-hybridized carbons (Fsp3) is 0.118. The summed E-state index contributed by atoms with van der Waals surface area (Å²) in [5, 5.41) is 15.9. The zero-order valence-corrected chi connectivity index (χ0v) is 15.6. The number of nitro groups is 1. The molecule has 146 valence electrons. The fourth-order valence-electron chi connectivity index (χ4n) is 2.04. The highest BCUT2D eigenvalue weighted by Gasteiger charge is 2.16. The molecular formula is C17H13Cl2N3O6. The maximum atomic E-state index is 12.0. The largest absolute Gasteiger partial charge is 0.454 e. The van der Waals surface area contributed by atoms with Crippen molar-refractivity contribution in [3.05, 3.63) is 68.2 Å². The van der Waals surface area contributed by atoms with Crippen molar-refractivity contribution in [1.29, 1.82) is 0 Å². The molecule has 0 spiro atoms. The third-order valence-electron chi connectivity index (χ3n) is 3.31. The number of benzene rings is 2. The van der Waals surface area contributed by atoms with Gasteiger partial charge in [-0.25, -0.2) is 0 Å². The number of hydrogen-bond acceptors (Lipinski definition) is 6. The Morgan fingerprint density at radius 2 is 1.82 bits per heavy atom. The van der Waals surface area contributed by atoms with Crippen molar-refractivity contribution >= 4 is 52.4 Å². The Morgan fingerprint density at radius 3 is 2.50 bits per heavy atom. The van der Waals surface area contributed by atoms with Crippen LogP contribution in [0.1, 0.15) is 10.4 Å². The first-order chi connectivity index (χ1) is 13.3. The van der Waals surface area contributed by atoms with E-state index in [9.17, 15) is 24.5 Å². The highest BCUT2D eigenvalue weighted by Crippen LogP contribution is 2.23. The highest BCUT2D eigenvalue weighted by molar-refractivity contribution is 6.36. The Labute approximate surface area is 168 Å². The van der Waals surface area contributed by atoms with Gasteiger partial charge in [-0.1, -0.05) is 35.3 Å². The second-order valence-corrected chi connectivity index (χ2v) is 6.13. The van der Waals surface area contributed by atoms with Gasteiger partial charge in [-0.15, -0.1) is 0 Å². The molecule has 28 heavy (non-hydrogen) atoms. The van der Waals surface area contributed by atoms with E-state index in [0.29, 0.717) is 5.02 Å². The molecule has 2 amide bonds. The molecule has 2 aromatic carbocycles. The lowest BCUT2D eigenvalue weighted by Crippen LogP contribution is -2.32. The van der Waals surface area contributed by atoms with E-state index in [1.54, 1.807) is 0 Å². The molecular weight excluding hydrogens is 413 g/mol. The maximum absolute atomic E-state index is 12.0. The van der Waals surface area contributed by atoms with Gasteiger partial charge in [-0.05, 0) is 24.3 Å². The van der Waals surface area contributed by atoms with Crippen molar-refractivity contribution < 1.29 is 24.0 Å². The van der Waals surface area contributed by atoms with E-state index in [-0.39, 0.29) is 22.0 Å². The molecule has 0 fully saturated rings. The van der Waals surface area contributed by atoms with Crippen molar-refractivity contribution in [3.63, 3.8) is 0 Å². The summed E-state index contributed by atoms with van der Waals surface area (Å²) in [6.45, 7) is -1.18. The number of ether oxygens (including phenoxy) is 1. The predicted molar refractivity (Wildman–Crippen MR) is 101 cm³/mol. The lowest BCUT2D eigenvalue weighted by atomic mass is 10.2. The standard InChI is InChI=1S/C17H13Cl2N3O6/c18-10-5-6-11(12(19)7-10)17(25)20-8-16(24)28-9-15(23)21-13-3-1-2-4-14(13)22(26)27/h1-7H,8-9H2,(H,20,25)(H,21,23). The van der Waals surface area contributed by atoms with Gasteiger partial charge in [-0.3, -0.25) is 24.5 Å². The number of carbonyl (C=O) groups excluding carboxylic acids is 3. The third kappa shape index (κ3) is 5.93. The second kappa shape index (κ2) is 9.67. The van der Waals surface area contributed by atoms with Crippen LogP contribution >= 0.6 is 23.2 Å². The lowest BCUT2D eigenvalue weighted by molar-refractivity contribution is -0.383. The van der Waals surface area contributed by atoms with Crippen LogP contribution < -0.4 is 10.6 Å². The molecule has 0 atom stereocenters. The Hall–Kier alpha value is -3.17. The smallest absolute Gasteiger partial charge is 0.325 e. The summed E-state index contributed by atoms with van der Waals surface area (Å²) < 4.78 is 4.72. The summed E-state index contributed by atoms with van der Waals surface area (Å²) in [4.78, 5) is 45.7. The molecule has 2 aromatic rings. The number of nitrogens with zero attached hydrogens (tertiary/aromatic N) is 1. The van der Waals surface area contributed by atoms with Crippen molar-refractivity contribution in [2.45, 2.75) is 0 Å². The number of esters is 1. The van der Waals surface area contributed by atoms with Gasteiger partial charge in [0.2, 0.25) is 0 Å². The minimum absolute atomic E-state index is 0.0285. The van der Waals surface area contributed by atoms with Crippen LogP contribution in [0.5, 0.6) is 0 Å². The normalized spacial score (nSPS) is 10.1. The molecule has 0 unspecified atom stereocenters. The number of anilines is 1. The molecule has 0 aliphatic rings. The minimum Gasteiger partial charge on any atom is -0.454 e. The second-order valence-electron chi connectivity index (χ2n) is 5.29. The van der Waals surface area contributed by atoms with E-state index in [4.69, 9.17) is 27.9 Å². The number of carbonyl (C=O) groups is 3. The Bertz CT molecular complexity index is 935. The molecule has 0 aliphatic heterocycles. The summed E-state index contributed by atoms with van der Waals surface area (Å²) >= 11 is 11.6. The number of nitrogens with one attached hydrogen (secondary N) is 2. The molecule has 11 heteroatoms. The fourth-order valence-corrected chi connectivity index (χ4v) is 2.54. The maximum Gasteiger partial charge on any atom is 0.325 e. The highest BCUT2D eigenvalue weighted by atomic mass is 35.5.